The molecule has 6 nitrogen and oxygen atoms in total. The lowest BCUT2D eigenvalue weighted by molar-refractivity contribution is 0.602. The number of thiazole rings is 1. The van der Waals surface area contributed by atoms with Crippen LogP contribution in [0.4, 0.5) is 10.8 Å². The first-order valence-electron chi connectivity index (χ1n) is 5.68. The van der Waals surface area contributed by atoms with E-state index in [9.17, 15) is 8.42 Å². The summed E-state index contributed by atoms with van der Waals surface area (Å²) < 4.78 is 22.7. The number of nitrogens with two attached hydrogens (primary N) is 1. The number of rotatable bonds is 4. The highest BCUT2D eigenvalue weighted by molar-refractivity contribution is 7.90. The summed E-state index contributed by atoms with van der Waals surface area (Å²) in [5.74, 6) is 0. The van der Waals surface area contributed by atoms with Crippen LogP contribution >= 0.6 is 11.3 Å². The quantitative estimate of drug-likeness (QED) is 0.664. The molecule has 0 aliphatic rings. The number of hydrazone groups is 1. The molecule has 0 saturated heterocycles. The number of nitrogens with one attached hydrogen (secondary N) is 1. The molecule has 0 bridgehead atoms. The third-order valence-corrected chi connectivity index (χ3v) is 4.33. The SMILES string of the molecule is C/C(=N\Nc1ccc(S(C)(=O)=O)cc1)c1csc(N)n1. The minimum Gasteiger partial charge on any atom is -0.375 e. The van der Waals surface area contributed by atoms with Gasteiger partial charge in [0.05, 0.1) is 22.0 Å². The van der Waals surface area contributed by atoms with Crippen LogP contribution in [0.2, 0.25) is 0 Å². The normalized spacial score (nSPS) is 12.4. The van der Waals surface area contributed by atoms with E-state index in [2.05, 4.69) is 15.5 Å². The van der Waals surface area contributed by atoms with Crippen molar-refractivity contribution in [3.8, 4) is 0 Å². The van der Waals surface area contributed by atoms with Gasteiger partial charge in [0.25, 0.3) is 0 Å². The van der Waals surface area contributed by atoms with Crippen molar-refractivity contribution in [1.29, 1.82) is 0 Å². The van der Waals surface area contributed by atoms with Gasteiger partial charge in [0, 0.05) is 11.6 Å². The molecule has 0 atom stereocenters. The molecule has 2 rings (SSSR count). The van der Waals surface area contributed by atoms with Crippen LogP contribution in [0.5, 0.6) is 0 Å². The first kappa shape index (κ1) is 14.5. The molecular weight excluding hydrogens is 296 g/mol. The number of aromatic nitrogens is 1. The fraction of sp³-hybridized carbons (Fsp3) is 0.167. The molecule has 0 radical (unpaired) electrons. The number of hydrogen-bond acceptors (Lipinski definition) is 7. The Bertz CT molecular complexity index is 733. The minimum absolute atomic E-state index is 0.274. The van der Waals surface area contributed by atoms with Crippen LogP contribution in [-0.2, 0) is 9.84 Å². The average Bonchev–Trinajstić information content (AvgIpc) is 2.82. The standard InChI is InChI=1S/C12H14N4O2S2/c1-8(11-7-19-12(13)14-11)15-16-9-3-5-10(6-4-9)20(2,17)18/h3-7,16H,1-2H3,(H2,13,14)/b15-8+. The molecule has 20 heavy (non-hydrogen) atoms. The van der Waals surface area contributed by atoms with E-state index in [0.717, 1.165) is 0 Å². The molecule has 0 aliphatic heterocycles. The van der Waals surface area contributed by atoms with E-state index < -0.39 is 9.84 Å². The summed E-state index contributed by atoms with van der Waals surface area (Å²) in [4.78, 5) is 4.39. The van der Waals surface area contributed by atoms with Crippen LogP contribution in [0.25, 0.3) is 0 Å². The lowest BCUT2D eigenvalue weighted by Crippen LogP contribution is -2.01. The van der Waals surface area contributed by atoms with Crippen LogP contribution in [0.15, 0.2) is 39.6 Å². The summed E-state index contributed by atoms with van der Waals surface area (Å²) in [5.41, 5.74) is 10.5. The van der Waals surface area contributed by atoms with E-state index in [-0.39, 0.29) is 4.90 Å². The summed E-state index contributed by atoms with van der Waals surface area (Å²) >= 11 is 1.35. The van der Waals surface area contributed by atoms with Gasteiger partial charge in [-0.05, 0) is 31.2 Å². The molecule has 0 fully saturated rings. The van der Waals surface area contributed by atoms with Crippen molar-refractivity contribution in [2.45, 2.75) is 11.8 Å². The van der Waals surface area contributed by atoms with E-state index in [1.807, 2.05) is 12.3 Å². The second-order valence-electron chi connectivity index (χ2n) is 4.18. The maximum atomic E-state index is 11.3. The molecule has 8 heteroatoms. The zero-order valence-corrected chi connectivity index (χ0v) is 12.6. The maximum absolute atomic E-state index is 11.3. The first-order valence-corrected chi connectivity index (χ1v) is 8.45. The summed E-state index contributed by atoms with van der Waals surface area (Å²) in [7, 11) is -3.18. The lowest BCUT2D eigenvalue weighted by Gasteiger charge is -2.03. The molecular formula is C12H14N4O2S2. The first-order chi connectivity index (χ1) is 9.36. The monoisotopic (exact) mass is 310 g/mol. The van der Waals surface area contributed by atoms with Gasteiger partial charge in [-0.2, -0.15) is 5.10 Å². The fourth-order valence-electron chi connectivity index (χ4n) is 1.44. The van der Waals surface area contributed by atoms with Crippen molar-refractivity contribution >= 4 is 37.7 Å². The number of anilines is 2. The predicted octanol–water partition coefficient (Wildman–Crippen LogP) is 1.96. The topological polar surface area (TPSA) is 97.4 Å². The molecule has 0 aliphatic carbocycles. The predicted molar refractivity (Wildman–Crippen MR) is 81.9 cm³/mol. The minimum atomic E-state index is -3.18. The van der Waals surface area contributed by atoms with Crippen LogP contribution in [0.1, 0.15) is 12.6 Å². The van der Waals surface area contributed by atoms with Gasteiger partial charge in [0.1, 0.15) is 0 Å². The van der Waals surface area contributed by atoms with Gasteiger partial charge in [-0.25, -0.2) is 13.4 Å². The van der Waals surface area contributed by atoms with Crippen molar-refractivity contribution in [2.75, 3.05) is 17.4 Å². The van der Waals surface area contributed by atoms with Gasteiger partial charge in [-0.1, -0.05) is 0 Å². The molecule has 0 spiro atoms. The number of nitrogens with zero attached hydrogens (tertiary/aromatic N) is 2. The van der Waals surface area contributed by atoms with E-state index in [1.54, 1.807) is 12.1 Å². The van der Waals surface area contributed by atoms with E-state index in [4.69, 9.17) is 5.73 Å². The highest BCUT2D eigenvalue weighted by atomic mass is 32.2. The lowest BCUT2D eigenvalue weighted by atomic mass is 10.3. The third kappa shape index (κ3) is 3.55. The number of sulfone groups is 1. The highest BCUT2D eigenvalue weighted by Gasteiger charge is 2.06. The Morgan fingerprint density at radius 2 is 2.00 bits per heavy atom. The van der Waals surface area contributed by atoms with E-state index >= 15 is 0 Å². The largest absolute Gasteiger partial charge is 0.375 e. The molecule has 0 unspecified atom stereocenters. The Morgan fingerprint density at radius 1 is 1.35 bits per heavy atom. The molecule has 2 aromatic rings. The van der Waals surface area contributed by atoms with Crippen LogP contribution in [-0.4, -0.2) is 25.4 Å². The van der Waals surface area contributed by atoms with Crippen LogP contribution in [0.3, 0.4) is 0 Å². The molecule has 106 valence electrons. The smallest absolute Gasteiger partial charge is 0.180 e. The maximum Gasteiger partial charge on any atom is 0.180 e. The molecule has 1 aromatic carbocycles. The van der Waals surface area contributed by atoms with E-state index in [1.165, 1.54) is 29.7 Å². The highest BCUT2D eigenvalue weighted by Crippen LogP contribution is 2.15. The molecule has 1 heterocycles. The van der Waals surface area contributed by atoms with Gasteiger partial charge >= 0.3 is 0 Å². The third-order valence-electron chi connectivity index (χ3n) is 2.53. The van der Waals surface area contributed by atoms with Gasteiger partial charge in [0.15, 0.2) is 15.0 Å². The van der Waals surface area contributed by atoms with Crippen molar-refractivity contribution in [1.82, 2.24) is 4.98 Å². The second kappa shape index (κ2) is 5.59. The van der Waals surface area contributed by atoms with Crippen molar-refractivity contribution in [3.05, 3.63) is 35.3 Å². The van der Waals surface area contributed by atoms with Gasteiger partial charge in [0.2, 0.25) is 0 Å². The second-order valence-corrected chi connectivity index (χ2v) is 7.08. The number of nitrogen functional groups attached to an aromatic ring is 1. The summed E-state index contributed by atoms with van der Waals surface area (Å²) in [6.07, 6.45) is 1.17. The Morgan fingerprint density at radius 3 is 2.50 bits per heavy atom. The Hall–Kier alpha value is -1.93. The van der Waals surface area contributed by atoms with Crippen molar-refractivity contribution < 1.29 is 8.42 Å². The van der Waals surface area contributed by atoms with Gasteiger partial charge in [-0.3, -0.25) is 5.43 Å². The molecule has 0 saturated carbocycles. The summed E-state index contributed by atoms with van der Waals surface area (Å²) in [6.45, 7) is 1.81. The van der Waals surface area contributed by atoms with Crippen molar-refractivity contribution in [3.63, 3.8) is 0 Å². The van der Waals surface area contributed by atoms with E-state index in [0.29, 0.717) is 22.2 Å². The fourth-order valence-corrected chi connectivity index (χ4v) is 2.67. The summed E-state index contributed by atoms with van der Waals surface area (Å²) in [5, 5.41) is 6.49. The Kier molecular flexibility index (Phi) is 4.05. The van der Waals surface area contributed by atoms with Gasteiger partial charge in [-0.15, -0.1) is 11.3 Å². The number of hydrogen-bond donors (Lipinski definition) is 2. The van der Waals surface area contributed by atoms with Gasteiger partial charge < -0.3 is 5.73 Å². The Labute approximate surface area is 121 Å². The van der Waals surface area contributed by atoms with Crippen molar-refractivity contribution in [2.24, 2.45) is 5.10 Å². The molecule has 3 N–H and O–H groups in total. The zero-order valence-electron chi connectivity index (χ0n) is 11.0. The molecule has 0 amide bonds. The Balaban J connectivity index is 2.11. The zero-order chi connectivity index (χ0) is 14.8. The average molecular weight is 310 g/mol. The molecule has 1 aromatic heterocycles. The van der Waals surface area contributed by atoms with Crippen LogP contribution < -0.4 is 11.2 Å². The number of benzene rings is 1. The van der Waals surface area contributed by atoms with Crippen LogP contribution in [0, 0.1) is 0 Å². The summed E-state index contributed by atoms with van der Waals surface area (Å²) in [6, 6.07) is 6.37.